The van der Waals surface area contributed by atoms with Crippen molar-refractivity contribution in [1.82, 2.24) is 14.8 Å². The summed E-state index contributed by atoms with van der Waals surface area (Å²) in [6.07, 6.45) is 4.38. The van der Waals surface area contributed by atoms with E-state index in [-0.39, 0.29) is 0 Å². The van der Waals surface area contributed by atoms with Crippen molar-refractivity contribution in [2.75, 3.05) is 13.1 Å². The molecule has 72 valence electrons. The third-order valence-corrected chi connectivity index (χ3v) is 2.61. The molecule has 1 aliphatic heterocycles. The molecule has 2 heterocycles. The van der Waals surface area contributed by atoms with Crippen molar-refractivity contribution < 1.29 is 0 Å². The van der Waals surface area contributed by atoms with E-state index < -0.39 is 0 Å². The van der Waals surface area contributed by atoms with E-state index >= 15 is 0 Å². The van der Waals surface area contributed by atoms with Crippen LogP contribution in [0.2, 0.25) is 0 Å². The number of piperidine rings is 1. The highest BCUT2D eigenvalue weighted by Gasteiger charge is 2.20. The van der Waals surface area contributed by atoms with Crippen molar-refractivity contribution in [2.24, 2.45) is 12.9 Å². The molecule has 1 aliphatic rings. The van der Waals surface area contributed by atoms with Gasteiger partial charge in [0.05, 0.1) is 5.69 Å². The molecular weight excluding hydrogens is 164 g/mol. The van der Waals surface area contributed by atoms with Crippen LogP contribution in [0, 0.1) is 0 Å². The van der Waals surface area contributed by atoms with Crippen LogP contribution in [0.3, 0.4) is 0 Å². The van der Waals surface area contributed by atoms with Crippen LogP contribution in [0.15, 0.2) is 12.3 Å². The Morgan fingerprint density at radius 2 is 2.46 bits per heavy atom. The molecule has 1 aromatic heterocycles. The van der Waals surface area contributed by atoms with Gasteiger partial charge in [-0.3, -0.25) is 10.5 Å². The zero-order chi connectivity index (χ0) is 9.26. The summed E-state index contributed by atoms with van der Waals surface area (Å²) in [5, 5.41) is 6.29. The highest BCUT2D eigenvalue weighted by molar-refractivity contribution is 5.07. The Labute approximate surface area is 78.3 Å². The van der Waals surface area contributed by atoms with Crippen LogP contribution >= 0.6 is 0 Å². The smallest absolute Gasteiger partial charge is 0.0668 e. The molecule has 0 unspecified atom stereocenters. The topological polar surface area (TPSA) is 47.1 Å². The molecule has 1 saturated heterocycles. The van der Waals surface area contributed by atoms with E-state index in [1.807, 2.05) is 22.9 Å². The van der Waals surface area contributed by atoms with Crippen molar-refractivity contribution in [2.45, 2.75) is 18.8 Å². The zero-order valence-electron chi connectivity index (χ0n) is 7.98. The molecule has 1 atom stereocenters. The van der Waals surface area contributed by atoms with E-state index in [4.69, 9.17) is 5.84 Å². The molecule has 4 heteroatoms. The van der Waals surface area contributed by atoms with Gasteiger partial charge in [-0.1, -0.05) is 0 Å². The predicted octanol–water partition coefficient (Wildman–Crippen LogP) is 0.473. The number of nitrogens with zero attached hydrogens (tertiary/aromatic N) is 3. The molecule has 1 aromatic rings. The second-order valence-electron chi connectivity index (χ2n) is 3.75. The molecule has 4 nitrogen and oxygen atoms in total. The van der Waals surface area contributed by atoms with Gasteiger partial charge in [-0.25, -0.2) is 5.01 Å². The first-order valence-electron chi connectivity index (χ1n) is 4.75. The largest absolute Gasteiger partial charge is 0.276 e. The Morgan fingerprint density at radius 1 is 1.62 bits per heavy atom. The fourth-order valence-electron chi connectivity index (χ4n) is 1.90. The van der Waals surface area contributed by atoms with Crippen LogP contribution in [0.5, 0.6) is 0 Å². The Kier molecular flexibility index (Phi) is 2.33. The monoisotopic (exact) mass is 180 g/mol. The summed E-state index contributed by atoms with van der Waals surface area (Å²) in [5.41, 5.74) is 1.18. The maximum atomic E-state index is 5.77. The van der Waals surface area contributed by atoms with Crippen molar-refractivity contribution in [1.29, 1.82) is 0 Å². The fraction of sp³-hybridized carbons (Fsp3) is 0.667. The Balaban J connectivity index is 2.08. The van der Waals surface area contributed by atoms with Gasteiger partial charge in [0.15, 0.2) is 0 Å². The molecule has 0 amide bonds. The second-order valence-corrected chi connectivity index (χ2v) is 3.75. The molecular formula is C9H16N4. The van der Waals surface area contributed by atoms with Gasteiger partial charge in [0, 0.05) is 32.3 Å². The lowest BCUT2D eigenvalue weighted by molar-refractivity contribution is 0.210. The van der Waals surface area contributed by atoms with Crippen LogP contribution in [0.25, 0.3) is 0 Å². The van der Waals surface area contributed by atoms with Gasteiger partial charge < -0.3 is 0 Å². The van der Waals surface area contributed by atoms with Gasteiger partial charge in [0.1, 0.15) is 0 Å². The SMILES string of the molecule is Cn1ccc([C@H]2CCCN(N)C2)n1. The van der Waals surface area contributed by atoms with E-state index in [2.05, 4.69) is 11.2 Å². The van der Waals surface area contributed by atoms with E-state index in [0.717, 1.165) is 13.1 Å². The number of rotatable bonds is 1. The van der Waals surface area contributed by atoms with Crippen molar-refractivity contribution in [3.63, 3.8) is 0 Å². The molecule has 13 heavy (non-hydrogen) atoms. The lowest BCUT2D eigenvalue weighted by Crippen LogP contribution is -2.39. The lowest BCUT2D eigenvalue weighted by Gasteiger charge is -2.27. The van der Waals surface area contributed by atoms with Crippen LogP contribution in [0.1, 0.15) is 24.5 Å². The zero-order valence-corrected chi connectivity index (χ0v) is 7.98. The second kappa shape index (κ2) is 3.47. The van der Waals surface area contributed by atoms with E-state index in [1.54, 1.807) is 0 Å². The summed E-state index contributed by atoms with van der Waals surface area (Å²) in [4.78, 5) is 0. The minimum absolute atomic E-state index is 0.528. The molecule has 0 aromatic carbocycles. The average Bonchev–Trinajstić information content (AvgIpc) is 2.52. The first-order chi connectivity index (χ1) is 6.25. The standard InChI is InChI=1S/C9H16N4/c1-12-6-4-9(11-12)8-3-2-5-13(10)7-8/h4,6,8H,2-3,5,7,10H2,1H3/t8-/m0/s1. The Morgan fingerprint density at radius 3 is 3.08 bits per heavy atom. The van der Waals surface area contributed by atoms with E-state index in [9.17, 15) is 0 Å². The van der Waals surface area contributed by atoms with Gasteiger partial charge in [0.25, 0.3) is 0 Å². The molecule has 1 fully saturated rings. The number of hydrogen-bond acceptors (Lipinski definition) is 3. The van der Waals surface area contributed by atoms with Gasteiger partial charge in [-0.05, 0) is 18.9 Å². The van der Waals surface area contributed by atoms with E-state index in [0.29, 0.717) is 5.92 Å². The highest BCUT2D eigenvalue weighted by atomic mass is 15.4. The number of nitrogens with two attached hydrogens (primary N) is 1. The molecule has 2 rings (SSSR count). The summed E-state index contributed by atoms with van der Waals surface area (Å²) in [6.45, 7) is 1.96. The van der Waals surface area contributed by atoms with E-state index in [1.165, 1.54) is 18.5 Å². The van der Waals surface area contributed by atoms with Crippen molar-refractivity contribution >= 4 is 0 Å². The average molecular weight is 180 g/mol. The first kappa shape index (κ1) is 8.72. The summed E-state index contributed by atoms with van der Waals surface area (Å²) >= 11 is 0. The molecule has 0 saturated carbocycles. The van der Waals surface area contributed by atoms with Gasteiger partial charge in [-0.15, -0.1) is 0 Å². The molecule has 0 bridgehead atoms. The minimum Gasteiger partial charge on any atom is -0.276 e. The minimum atomic E-state index is 0.528. The van der Waals surface area contributed by atoms with Gasteiger partial charge in [-0.2, -0.15) is 5.10 Å². The lowest BCUT2D eigenvalue weighted by atomic mass is 9.96. The third-order valence-electron chi connectivity index (χ3n) is 2.61. The quantitative estimate of drug-likeness (QED) is 0.639. The maximum absolute atomic E-state index is 5.77. The van der Waals surface area contributed by atoms with Gasteiger partial charge >= 0.3 is 0 Å². The van der Waals surface area contributed by atoms with Gasteiger partial charge in [0.2, 0.25) is 0 Å². The third kappa shape index (κ3) is 1.89. The molecule has 2 N–H and O–H groups in total. The van der Waals surface area contributed by atoms with Crippen LogP contribution in [0.4, 0.5) is 0 Å². The summed E-state index contributed by atoms with van der Waals surface area (Å²) < 4.78 is 1.85. The van der Waals surface area contributed by atoms with Crippen molar-refractivity contribution in [3.05, 3.63) is 18.0 Å². The number of hydrazine groups is 1. The molecule has 0 aliphatic carbocycles. The number of aromatic nitrogens is 2. The van der Waals surface area contributed by atoms with Crippen molar-refractivity contribution in [3.8, 4) is 0 Å². The molecule has 0 radical (unpaired) electrons. The fourth-order valence-corrected chi connectivity index (χ4v) is 1.90. The summed E-state index contributed by atoms with van der Waals surface area (Å²) in [5.74, 6) is 6.30. The maximum Gasteiger partial charge on any atom is 0.0668 e. The number of aryl methyl sites for hydroxylation is 1. The molecule has 0 spiro atoms. The summed E-state index contributed by atoms with van der Waals surface area (Å²) in [6, 6.07) is 2.09. The highest BCUT2D eigenvalue weighted by Crippen LogP contribution is 2.23. The van der Waals surface area contributed by atoms with Crippen LogP contribution in [-0.4, -0.2) is 27.9 Å². The Bertz CT molecular complexity index is 281. The predicted molar refractivity (Wildman–Crippen MR) is 50.9 cm³/mol. The normalized spacial score (nSPS) is 24.9. The van der Waals surface area contributed by atoms with Crippen LogP contribution in [-0.2, 0) is 7.05 Å². The number of hydrogen-bond donors (Lipinski definition) is 1. The first-order valence-corrected chi connectivity index (χ1v) is 4.75. The summed E-state index contributed by atoms with van der Waals surface area (Å²) in [7, 11) is 1.95. The van der Waals surface area contributed by atoms with Crippen LogP contribution < -0.4 is 5.84 Å². The Hall–Kier alpha value is -0.870.